The highest BCUT2D eigenvalue weighted by Gasteiger charge is 1.89. The maximum Gasteiger partial charge on any atom is -0.0271 e. The van der Waals surface area contributed by atoms with Crippen molar-refractivity contribution < 1.29 is 0 Å². The zero-order chi connectivity index (χ0) is 9.56. The SMILES string of the molecule is C=C/C(C)=C\C(/C=C\C)=C(C)C. The molecule has 0 aromatic heterocycles. The molecule has 0 amide bonds. The summed E-state index contributed by atoms with van der Waals surface area (Å²) < 4.78 is 0. The second-order valence-electron chi connectivity index (χ2n) is 3.05. The van der Waals surface area contributed by atoms with Crippen LogP contribution in [0.4, 0.5) is 0 Å². The first-order valence-electron chi connectivity index (χ1n) is 4.22. The monoisotopic (exact) mass is 162 g/mol. The van der Waals surface area contributed by atoms with Gasteiger partial charge in [0.25, 0.3) is 0 Å². The van der Waals surface area contributed by atoms with Gasteiger partial charge in [0.2, 0.25) is 0 Å². The Hall–Kier alpha value is -1.04. The quantitative estimate of drug-likeness (QED) is 0.549. The molecule has 66 valence electrons. The minimum Gasteiger partial charge on any atom is -0.0988 e. The van der Waals surface area contributed by atoms with Gasteiger partial charge in [0.15, 0.2) is 0 Å². The molecule has 12 heavy (non-hydrogen) atoms. The fourth-order valence-electron chi connectivity index (χ4n) is 0.843. The van der Waals surface area contributed by atoms with E-state index in [4.69, 9.17) is 0 Å². The first kappa shape index (κ1) is 11.0. The second-order valence-corrected chi connectivity index (χ2v) is 3.05. The first-order valence-corrected chi connectivity index (χ1v) is 4.22. The molecule has 0 N–H and O–H groups in total. The lowest BCUT2D eigenvalue weighted by Crippen LogP contribution is -1.78. The van der Waals surface area contributed by atoms with Gasteiger partial charge >= 0.3 is 0 Å². The average Bonchev–Trinajstić information content (AvgIpc) is 2.03. The Labute approximate surface area is 76.0 Å². The van der Waals surface area contributed by atoms with Crippen LogP contribution >= 0.6 is 0 Å². The number of rotatable bonds is 3. The molecule has 0 fully saturated rings. The van der Waals surface area contributed by atoms with Crippen molar-refractivity contribution in [2.75, 3.05) is 0 Å². The molecule has 0 nitrogen and oxygen atoms in total. The number of hydrogen-bond acceptors (Lipinski definition) is 0. The third-order valence-corrected chi connectivity index (χ3v) is 1.63. The fourth-order valence-corrected chi connectivity index (χ4v) is 0.843. The first-order chi connectivity index (χ1) is 5.61. The molecular weight excluding hydrogens is 144 g/mol. The van der Waals surface area contributed by atoms with Crippen LogP contribution in [0.2, 0.25) is 0 Å². The van der Waals surface area contributed by atoms with E-state index in [2.05, 4.69) is 45.6 Å². The topological polar surface area (TPSA) is 0 Å². The van der Waals surface area contributed by atoms with Crippen molar-refractivity contribution in [1.29, 1.82) is 0 Å². The van der Waals surface area contributed by atoms with Gasteiger partial charge in [-0.2, -0.15) is 0 Å². The normalized spacial score (nSPS) is 11.8. The average molecular weight is 162 g/mol. The van der Waals surface area contributed by atoms with E-state index in [1.54, 1.807) is 0 Å². The van der Waals surface area contributed by atoms with Gasteiger partial charge in [-0.15, -0.1) is 0 Å². The standard InChI is InChI=1S/C12H18/c1-6-8-12(10(3)4)9-11(5)7-2/h6-9H,2H2,1,3-5H3/b8-6-,11-9-. The smallest absolute Gasteiger partial charge is 0.0271 e. The number of allylic oxidation sites excluding steroid dienone is 7. The Kier molecular flexibility index (Phi) is 5.11. The lowest BCUT2D eigenvalue weighted by molar-refractivity contribution is 1.32. The van der Waals surface area contributed by atoms with Crippen molar-refractivity contribution in [3.05, 3.63) is 47.6 Å². The summed E-state index contributed by atoms with van der Waals surface area (Å²) in [5, 5.41) is 0. The molecule has 0 unspecified atom stereocenters. The van der Waals surface area contributed by atoms with Crippen molar-refractivity contribution in [3.63, 3.8) is 0 Å². The molecule has 0 saturated heterocycles. The summed E-state index contributed by atoms with van der Waals surface area (Å²) in [6.07, 6.45) is 8.17. The van der Waals surface area contributed by atoms with E-state index in [1.165, 1.54) is 16.7 Å². The van der Waals surface area contributed by atoms with E-state index >= 15 is 0 Å². The van der Waals surface area contributed by atoms with Gasteiger partial charge in [0.05, 0.1) is 0 Å². The molecule has 0 bridgehead atoms. The third kappa shape index (κ3) is 3.97. The number of hydrogen-bond donors (Lipinski definition) is 0. The maximum atomic E-state index is 3.72. The van der Waals surface area contributed by atoms with Gasteiger partial charge in [0, 0.05) is 0 Å². The lowest BCUT2D eigenvalue weighted by atomic mass is 10.1. The Balaban J connectivity index is 4.80. The zero-order valence-electron chi connectivity index (χ0n) is 8.52. The van der Waals surface area contributed by atoms with Gasteiger partial charge < -0.3 is 0 Å². The van der Waals surface area contributed by atoms with Gasteiger partial charge in [-0.05, 0) is 33.3 Å². The molecule has 0 radical (unpaired) electrons. The predicted octanol–water partition coefficient (Wildman–Crippen LogP) is 4.03. The van der Waals surface area contributed by atoms with E-state index in [-0.39, 0.29) is 0 Å². The molecule has 0 atom stereocenters. The third-order valence-electron chi connectivity index (χ3n) is 1.63. The summed E-state index contributed by atoms with van der Waals surface area (Å²) >= 11 is 0. The molecule has 0 rings (SSSR count). The Morgan fingerprint density at radius 2 is 1.75 bits per heavy atom. The van der Waals surface area contributed by atoms with E-state index in [9.17, 15) is 0 Å². The summed E-state index contributed by atoms with van der Waals surface area (Å²) in [5.74, 6) is 0. The molecule has 0 heteroatoms. The van der Waals surface area contributed by atoms with Crippen LogP contribution < -0.4 is 0 Å². The highest BCUT2D eigenvalue weighted by Crippen LogP contribution is 2.10. The zero-order valence-corrected chi connectivity index (χ0v) is 8.52. The van der Waals surface area contributed by atoms with Crippen LogP contribution in [0.1, 0.15) is 27.7 Å². The molecule has 0 aliphatic rings. The van der Waals surface area contributed by atoms with Crippen LogP contribution in [0, 0.1) is 0 Å². The van der Waals surface area contributed by atoms with Crippen molar-refractivity contribution in [3.8, 4) is 0 Å². The molecule has 0 aliphatic carbocycles. The minimum absolute atomic E-state index is 1.20. The Bertz CT molecular complexity index is 233. The summed E-state index contributed by atoms with van der Waals surface area (Å²) in [5.41, 5.74) is 3.80. The summed E-state index contributed by atoms with van der Waals surface area (Å²) in [6, 6.07) is 0. The van der Waals surface area contributed by atoms with E-state index in [0.29, 0.717) is 0 Å². The van der Waals surface area contributed by atoms with Crippen LogP contribution in [0.5, 0.6) is 0 Å². The van der Waals surface area contributed by atoms with Crippen molar-refractivity contribution >= 4 is 0 Å². The van der Waals surface area contributed by atoms with Crippen molar-refractivity contribution in [2.24, 2.45) is 0 Å². The lowest BCUT2D eigenvalue weighted by Gasteiger charge is -1.98. The predicted molar refractivity (Wildman–Crippen MR) is 57.1 cm³/mol. The van der Waals surface area contributed by atoms with Crippen LogP contribution in [0.25, 0.3) is 0 Å². The molecule has 0 heterocycles. The Morgan fingerprint density at radius 3 is 2.08 bits per heavy atom. The maximum absolute atomic E-state index is 3.72. The molecular formula is C12H18. The van der Waals surface area contributed by atoms with Crippen molar-refractivity contribution in [2.45, 2.75) is 27.7 Å². The molecule has 0 aliphatic heterocycles. The molecule has 0 aromatic carbocycles. The molecule has 0 spiro atoms. The highest BCUT2D eigenvalue weighted by molar-refractivity contribution is 5.38. The summed E-state index contributed by atoms with van der Waals surface area (Å²) in [6.45, 7) is 12.0. The van der Waals surface area contributed by atoms with E-state index in [1.807, 2.05) is 13.0 Å². The van der Waals surface area contributed by atoms with Crippen LogP contribution in [-0.4, -0.2) is 0 Å². The van der Waals surface area contributed by atoms with E-state index in [0.717, 1.165) is 0 Å². The van der Waals surface area contributed by atoms with Gasteiger partial charge in [-0.25, -0.2) is 0 Å². The van der Waals surface area contributed by atoms with Gasteiger partial charge in [-0.3, -0.25) is 0 Å². The van der Waals surface area contributed by atoms with Crippen LogP contribution in [0.3, 0.4) is 0 Å². The molecule has 0 saturated carbocycles. The minimum atomic E-state index is 1.20. The second kappa shape index (κ2) is 5.59. The van der Waals surface area contributed by atoms with Crippen molar-refractivity contribution in [1.82, 2.24) is 0 Å². The largest absolute Gasteiger partial charge is 0.0988 e. The van der Waals surface area contributed by atoms with Crippen LogP contribution in [-0.2, 0) is 0 Å². The van der Waals surface area contributed by atoms with Crippen LogP contribution in [0.15, 0.2) is 47.6 Å². The summed E-state index contributed by atoms with van der Waals surface area (Å²) in [7, 11) is 0. The van der Waals surface area contributed by atoms with Gasteiger partial charge in [-0.1, -0.05) is 42.0 Å². The Morgan fingerprint density at radius 1 is 1.17 bits per heavy atom. The summed E-state index contributed by atoms with van der Waals surface area (Å²) in [4.78, 5) is 0. The van der Waals surface area contributed by atoms with E-state index < -0.39 is 0 Å². The highest BCUT2D eigenvalue weighted by atomic mass is 14.0. The fraction of sp³-hybridized carbons (Fsp3) is 0.333. The molecule has 0 aromatic rings. The van der Waals surface area contributed by atoms with Gasteiger partial charge in [0.1, 0.15) is 0 Å².